The molecule has 1 saturated heterocycles. The number of carbonyl (C=O) groups is 2. The summed E-state index contributed by atoms with van der Waals surface area (Å²) in [6, 6.07) is 3.42. The van der Waals surface area contributed by atoms with E-state index in [9.17, 15) is 14.7 Å². The second-order valence-corrected chi connectivity index (χ2v) is 5.68. The van der Waals surface area contributed by atoms with E-state index in [0.717, 1.165) is 13.0 Å². The smallest absolute Gasteiger partial charge is 0.339 e. The molecule has 0 amide bonds. The fraction of sp³-hybridized carbons (Fsp3) is 0.533. The van der Waals surface area contributed by atoms with E-state index in [2.05, 4.69) is 4.98 Å². The van der Waals surface area contributed by atoms with Crippen LogP contribution in [0.5, 0.6) is 0 Å². The summed E-state index contributed by atoms with van der Waals surface area (Å²) < 4.78 is 4.70. The molecule has 0 bridgehead atoms. The van der Waals surface area contributed by atoms with E-state index >= 15 is 0 Å². The first-order chi connectivity index (χ1) is 9.87. The maximum Gasteiger partial charge on any atom is 0.339 e. The first kappa shape index (κ1) is 15.3. The molecule has 1 unspecified atom stereocenters. The van der Waals surface area contributed by atoms with Crippen molar-refractivity contribution >= 4 is 17.8 Å². The van der Waals surface area contributed by atoms with Crippen molar-refractivity contribution in [2.75, 3.05) is 25.1 Å². The number of pyridine rings is 1. The summed E-state index contributed by atoms with van der Waals surface area (Å²) in [6.45, 7) is 4.70. The summed E-state index contributed by atoms with van der Waals surface area (Å²) in [5.74, 6) is -0.497. The zero-order valence-corrected chi connectivity index (χ0v) is 12.5. The number of piperidine rings is 1. The van der Waals surface area contributed by atoms with E-state index in [1.54, 1.807) is 26.0 Å². The van der Waals surface area contributed by atoms with E-state index in [1.165, 1.54) is 7.11 Å². The molecule has 1 aromatic heterocycles. The van der Waals surface area contributed by atoms with Gasteiger partial charge >= 0.3 is 11.9 Å². The van der Waals surface area contributed by atoms with Crippen LogP contribution in [-0.4, -0.2) is 42.2 Å². The lowest BCUT2D eigenvalue weighted by molar-refractivity contribution is -0.148. The predicted octanol–water partition coefficient (Wildman–Crippen LogP) is 1.87. The van der Waals surface area contributed by atoms with Gasteiger partial charge in [-0.1, -0.05) is 0 Å². The van der Waals surface area contributed by atoms with Gasteiger partial charge in [0.05, 0.1) is 23.8 Å². The largest absolute Gasteiger partial charge is 0.481 e. The summed E-state index contributed by atoms with van der Waals surface area (Å²) in [5.41, 5.74) is 0.260. The van der Waals surface area contributed by atoms with Gasteiger partial charge in [-0.25, -0.2) is 9.78 Å². The summed E-state index contributed by atoms with van der Waals surface area (Å²) in [7, 11) is 1.33. The molecule has 1 atom stereocenters. The van der Waals surface area contributed by atoms with Crippen LogP contribution in [0.3, 0.4) is 0 Å². The van der Waals surface area contributed by atoms with Gasteiger partial charge in [0, 0.05) is 13.1 Å². The molecule has 0 radical (unpaired) electrons. The number of aliphatic carboxylic acids is 1. The van der Waals surface area contributed by atoms with Crippen molar-refractivity contribution in [2.45, 2.75) is 26.7 Å². The summed E-state index contributed by atoms with van der Waals surface area (Å²) in [5, 5.41) is 9.36. The number of hydrogen-bond donors (Lipinski definition) is 1. The fourth-order valence-electron chi connectivity index (χ4n) is 2.66. The zero-order valence-electron chi connectivity index (χ0n) is 12.5. The number of anilines is 1. The first-order valence-corrected chi connectivity index (χ1v) is 6.92. The number of aryl methyl sites for hydroxylation is 1. The van der Waals surface area contributed by atoms with Crippen molar-refractivity contribution in [2.24, 2.45) is 5.41 Å². The molecule has 0 aromatic carbocycles. The minimum Gasteiger partial charge on any atom is -0.481 e. The molecule has 1 N–H and O–H groups in total. The van der Waals surface area contributed by atoms with Crippen LogP contribution in [0.15, 0.2) is 12.1 Å². The van der Waals surface area contributed by atoms with Gasteiger partial charge in [0.25, 0.3) is 0 Å². The van der Waals surface area contributed by atoms with E-state index in [1.807, 2.05) is 4.90 Å². The number of carboxylic acid groups (broad SMARTS) is 1. The molecule has 0 aliphatic carbocycles. The van der Waals surface area contributed by atoms with Crippen LogP contribution in [0.25, 0.3) is 0 Å². The van der Waals surface area contributed by atoms with Gasteiger partial charge in [-0.2, -0.15) is 0 Å². The fourth-order valence-corrected chi connectivity index (χ4v) is 2.66. The van der Waals surface area contributed by atoms with Gasteiger partial charge < -0.3 is 14.7 Å². The average molecular weight is 292 g/mol. The van der Waals surface area contributed by atoms with E-state index < -0.39 is 17.4 Å². The molecular weight excluding hydrogens is 272 g/mol. The van der Waals surface area contributed by atoms with Gasteiger partial charge in [-0.15, -0.1) is 0 Å². The molecule has 0 saturated carbocycles. The number of ether oxygens (including phenoxy) is 1. The van der Waals surface area contributed by atoms with Crippen LogP contribution in [0.1, 0.15) is 35.8 Å². The summed E-state index contributed by atoms with van der Waals surface area (Å²) >= 11 is 0. The number of methoxy groups -OCH3 is 1. The van der Waals surface area contributed by atoms with Crippen LogP contribution in [-0.2, 0) is 9.53 Å². The highest BCUT2D eigenvalue weighted by Gasteiger charge is 2.38. The quantitative estimate of drug-likeness (QED) is 0.857. The Morgan fingerprint density at radius 3 is 2.71 bits per heavy atom. The molecule has 1 aliphatic heterocycles. The molecule has 6 nitrogen and oxygen atoms in total. The Kier molecular flexibility index (Phi) is 4.16. The second-order valence-electron chi connectivity index (χ2n) is 5.68. The normalized spacial score (nSPS) is 22.0. The van der Waals surface area contributed by atoms with Crippen molar-refractivity contribution in [3.05, 3.63) is 23.4 Å². The molecule has 21 heavy (non-hydrogen) atoms. The van der Waals surface area contributed by atoms with Crippen molar-refractivity contribution < 1.29 is 19.4 Å². The van der Waals surface area contributed by atoms with E-state index in [-0.39, 0.29) is 0 Å². The van der Waals surface area contributed by atoms with Crippen LogP contribution >= 0.6 is 0 Å². The topological polar surface area (TPSA) is 79.7 Å². The summed E-state index contributed by atoms with van der Waals surface area (Å²) in [4.78, 5) is 29.3. The Morgan fingerprint density at radius 2 is 2.14 bits per heavy atom. The monoisotopic (exact) mass is 292 g/mol. The highest BCUT2D eigenvalue weighted by atomic mass is 16.5. The van der Waals surface area contributed by atoms with Gasteiger partial charge in [0.1, 0.15) is 5.82 Å². The molecular formula is C15H20N2O4. The van der Waals surface area contributed by atoms with Crippen LogP contribution in [0.2, 0.25) is 0 Å². The van der Waals surface area contributed by atoms with Gasteiger partial charge in [-0.3, -0.25) is 4.79 Å². The molecule has 2 heterocycles. The van der Waals surface area contributed by atoms with Crippen LogP contribution < -0.4 is 4.90 Å². The molecule has 6 heteroatoms. The van der Waals surface area contributed by atoms with E-state index in [0.29, 0.717) is 30.0 Å². The lowest BCUT2D eigenvalue weighted by Crippen LogP contribution is -2.46. The molecule has 2 rings (SSSR count). The maximum absolute atomic E-state index is 11.6. The minimum absolute atomic E-state index is 0.416. The molecule has 1 aliphatic rings. The predicted molar refractivity (Wildman–Crippen MR) is 77.5 cm³/mol. The number of nitrogens with zero attached hydrogens (tertiary/aromatic N) is 2. The highest BCUT2D eigenvalue weighted by Crippen LogP contribution is 2.32. The Morgan fingerprint density at radius 1 is 1.43 bits per heavy atom. The van der Waals surface area contributed by atoms with Crippen molar-refractivity contribution in [1.29, 1.82) is 0 Å². The third-order valence-corrected chi connectivity index (χ3v) is 4.01. The zero-order chi connectivity index (χ0) is 15.6. The standard InChI is InChI=1S/C15H20N2O4/c1-10-11(13(18)21-3)5-6-12(16-10)17-8-4-7-15(2,9-17)14(19)20/h5-6H,4,7-9H2,1-3H3,(H,19,20). The third kappa shape index (κ3) is 2.99. The van der Waals surface area contributed by atoms with Crippen LogP contribution in [0, 0.1) is 12.3 Å². The number of rotatable bonds is 3. The molecule has 1 aromatic rings. The number of esters is 1. The first-order valence-electron chi connectivity index (χ1n) is 6.92. The number of hydrogen-bond acceptors (Lipinski definition) is 5. The Bertz CT molecular complexity index is 573. The molecule has 1 fully saturated rings. The van der Waals surface area contributed by atoms with Gasteiger partial charge in [0.2, 0.25) is 0 Å². The van der Waals surface area contributed by atoms with Crippen molar-refractivity contribution in [1.82, 2.24) is 4.98 Å². The lowest BCUT2D eigenvalue weighted by Gasteiger charge is -2.38. The average Bonchev–Trinajstić information content (AvgIpc) is 2.46. The third-order valence-electron chi connectivity index (χ3n) is 4.01. The SMILES string of the molecule is COC(=O)c1ccc(N2CCCC(C)(C(=O)O)C2)nc1C. The number of aromatic nitrogens is 1. The molecule has 0 spiro atoms. The highest BCUT2D eigenvalue weighted by molar-refractivity contribution is 5.90. The summed E-state index contributed by atoms with van der Waals surface area (Å²) in [6.07, 6.45) is 1.47. The van der Waals surface area contributed by atoms with Crippen molar-refractivity contribution in [3.63, 3.8) is 0 Å². The van der Waals surface area contributed by atoms with Crippen LogP contribution in [0.4, 0.5) is 5.82 Å². The van der Waals surface area contributed by atoms with Gasteiger partial charge in [-0.05, 0) is 38.8 Å². The Labute approximate surface area is 123 Å². The lowest BCUT2D eigenvalue weighted by atomic mass is 9.82. The Balaban J connectivity index is 2.24. The minimum atomic E-state index is -0.782. The maximum atomic E-state index is 11.6. The second kappa shape index (κ2) is 5.71. The van der Waals surface area contributed by atoms with E-state index in [4.69, 9.17) is 4.74 Å². The van der Waals surface area contributed by atoms with Crippen molar-refractivity contribution in [3.8, 4) is 0 Å². The number of carboxylic acids is 1. The van der Waals surface area contributed by atoms with Gasteiger partial charge in [0.15, 0.2) is 0 Å². The molecule has 114 valence electrons. The Hall–Kier alpha value is -2.11. The number of carbonyl (C=O) groups excluding carboxylic acids is 1.